The van der Waals surface area contributed by atoms with Crippen molar-refractivity contribution >= 4 is 82.4 Å². The van der Waals surface area contributed by atoms with Gasteiger partial charge >= 0.3 is 0 Å². The summed E-state index contributed by atoms with van der Waals surface area (Å²) in [6.45, 7) is 0. The van der Waals surface area contributed by atoms with Crippen LogP contribution in [0, 0.1) is 0 Å². The molecular formula is C38H24N4O. The fraction of sp³-hybridized carbons (Fsp3) is 0.0526. The number of allylic oxidation sites excluding steroid dienone is 2. The molecule has 0 fully saturated rings. The summed E-state index contributed by atoms with van der Waals surface area (Å²) < 4.78 is 11.8. The molecule has 0 saturated heterocycles. The zero-order valence-electron chi connectivity index (χ0n) is 23.0. The van der Waals surface area contributed by atoms with Gasteiger partial charge in [-0.05, 0) is 24.3 Å². The van der Waals surface area contributed by atoms with Crippen molar-refractivity contribution in [3.63, 3.8) is 0 Å². The normalized spacial score (nSPS) is 18.0. The number of nitrogens with one attached hydrogen (secondary N) is 2. The van der Waals surface area contributed by atoms with Crippen molar-refractivity contribution < 1.29 is 4.42 Å². The molecule has 0 amide bonds. The van der Waals surface area contributed by atoms with E-state index in [-0.39, 0.29) is 12.1 Å². The van der Waals surface area contributed by atoms with E-state index in [0.717, 1.165) is 39.3 Å². The second kappa shape index (κ2) is 7.58. The number of nitrogens with zero attached hydrogens (tertiary/aromatic N) is 2. The summed E-state index contributed by atoms with van der Waals surface area (Å²) in [4.78, 5) is 0. The van der Waals surface area contributed by atoms with E-state index in [2.05, 4.69) is 141 Å². The van der Waals surface area contributed by atoms with Crippen molar-refractivity contribution in [3.8, 4) is 5.69 Å². The summed E-state index contributed by atoms with van der Waals surface area (Å²) in [6, 6.07) is 35.1. The number of para-hydroxylation sites is 4. The van der Waals surface area contributed by atoms with Crippen molar-refractivity contribution in [2.45, 2.75) is 12.1 Å². The molecule has 9 aromatic rings. The topological polar surface area (TPSA) is 46.5 Å². The summed E-state index contributed by atoms with van der Waals surface area (Å²) in [5.41, 5.74) is 8.86. The van der Waals surface area contributed by atoms with E-state index in [4.69, 9.17) is 4.42 Å². The van der Waals surface area contributed by atoms with Crippen molar-refractivity contribution in [2.24, 2.45) is 0 Å². The number of benzene rings is 5. The third-order valence-electron chi connectivity index (χ3n) is 9.65. The van der Waals surface area contributed by atoms with Gasteiger partial charge in [0.2, 0.25) is 0 Å². The van der Waals surface area contributed by atoms with E-state index < -0.39 is 0 Å². The predicted molar refractivity (Wildman–Crippen MR) is 178 cm³/mol. The van der Waals surface area contributed by atoms with Crippen LogP contribution < -0.4 is 10.6 Å². The quantitative estimate of drug-likeness (QED) is 0.213. The average molecular weight is 553 g/mol. The van der Waals surface area contributed by atoms with E-state index >= 15 is 0 Å². The summed E-state index contributed by atoms with van der Waals surface area (Å²) in [5.74, 6) is 1.09. The molecular weight excluding hydrogens is 528 g/mol. The highest BCUT2D eigenvalue weighted by atomic mass is 16.3. The number of hydrogen-bond donors (Lipinski definition) is 2. The second-order valence-corrected chi connectivity index (χ2v) is 11.8. The van der Waals surface area contributed by atoms with Gasteiger partial charge < -0.3 is 19.6 Å². The smallest absolute Gasteiger partial charge is 0.160 e. The first-order valence-corrected chi connectivity index (χ1v) is 14.9. The maximum Gasteiger partial charge on any atom is 0.160 e. The first-order valence-electron chi connectivity index (χ1n) is 14.9. The molecule has 11 rings (SSSR count). The fourth-order valence-corrected chi connectivity index (χ4v) is 7.98. The Balaban J connectivity index is 1.47. The van der Waals surface area contributed by atoms with Crippen LogP contribution in [0.4, 0.5) is 11.5 Å². The molecule has 2 N–H and O–H groups in total. The molecule has 2 atom stereocenters. The Morgan fingerprint density at radius 2 is 1.28 bits per heavy atom. The van der Waals surface area contributed by atoms with Crippen molar-refractivity contribution in [1.82, 2.24) is 8.97 Å². The number of hydrogen-bond acceptors (Lipinski definition) is 3. The minimum absolute atomic E-state index is 0.163. The minimum atomic E-state index is 0.163. The van der Waals surface area contributed by atoms with Crippen LogP contribution in [0.1, 0.15) is 0 Å². The molecule has 2 aliphatic rings. The van der Waals surface area contributed by atoms with Gasteiger partial charge in [0.1, 0.15) is 16.9 Å². The van der Waals surface area contributed by atoms with Crippen molar-refractivity contribution in [2.75, 3.05) is 10.6 Å². The van der Waals surface area contributed by atoms with Gasteiger partial charge in [-0.3, -0.25) is 4.40 Å². The molecule has 0 spiro atoms. The molecule has 2 unspecified atom stereocenters. The van der Waals surface area contributed by atoms with Crippen LogP contribution >= 0.6 is 0 Å². The lowest BCUT2D eigenvalue weighted by Gasteiger charge is -2.33. The summed E-state index contributed by atoms with van der Waals surface area (Å²) in [5, 5.41) is 16.2. The summed E-state index contributed by atoms with van der Waals surface area (Å²) in [6.07, 6.45) is 8.75. The highest BCUT2D eigenvalue weighted by Gasteiger charge is 2.34. The highest BCUT2D eigenvalue weighted by Crippen LogP contribution is 2.52. The monoisotopic (exact) mass is 552 g/mol. The van der Waals surface area contributed by atoms with Gasteiger partial charge in [0, 0.05) is 43.4 Å². The maximum atomic E-state index is 6.89. The van der Waals surface area contributed by atoms with E-state index in [0.29, 0.717) is 0 Å². The zero-order valence-corrected chi connectivity index (χ0v) is 23.0. The highest BCUT2D eigenvalue weighted by molar-refractivity contribution is 6.40. The number of furan rings is 1. The number of anilines is 2. The summed E-state index contributed by atoms with van der Waals surface area (Å²) in [7, 11) is 0. The van der Waals surface area contributed by atoms with E-state index in [1.807, 2.05) is 0 Å². The zero-order chi connectivity index (χ0) is 27.8. The average Bonchev–Trinajstić information content (AvgIpc) is 3.79. The second-order valence-electron chi connectivity index (χ2n) is 11.8. The van der Waals surface area contributed by atoms with Gasteiger partial charge in [-0.2, -0.15) is 0 Å². The Labute approximate surface area is 245 Å². The number of fused-ring (bicyclic) bond motifs is 16. The molecule has 43 heavy (non-hydrogen) atoms. The summed E-state index contributed by atoms with van der Waals surface area (Å²) >= 11 is 0. The third kappa shape index (κ3) is 2.56. The van der Waals surface area contributed by atoms with E-state index in [1.54, 1.807) is 0 Å². The lowest BCUT2D eigenvalue weighted by Crippen LogP contribution is -2.41. The van der Waals surface area contributed by atoms with E-state index in [1.165, 1.54) is 48.9 Å². The van der Waals surface area contributed by atoms with Crippen LogP contribution in [0.2, 0.25) is 0 Å². The van der Waals surface area contributed by atoms with Gasteiger partial charge in [-0.1, -0.05) is 97.1 Å². The number of aromatic nitrogens is 2. The third-order valence-corrected chi connectivity index (χ3v) is 9.65. The lowest BCUT2D eigenvalue weighted by molar-refractivity contribution is 0.671. The van der Waals surface area contributed by atoms with Gasteiger partial charge in [-0.25, -0.2) is 0 Å². The van der Waals surface area contributed by atoms with Crippen LogP contribution in [-0.4, -0.2) is 21.1 Å². The maximum absolute atomic E-state index is 6.89. The van der Waals surface area contributed by atoms with Crippen LogP contribution in [0.25, 0.3) is 76.6 Å². The Morgan fingerprint density at radius 3 is 2.16 bits per heavy atom. The molecule has 4 aromatic heterocycles. The van der Waals surface area contributed by atoms with E-state index in [9.17, 15) is 0 Å². The van der Waals surface area contributed by atoms with Gasteiger partial charge in [0.25, 0.3) is 0 Å². The number of rotatable bonds is 1. The van der Waals surface area contributed by atoms with Crippen LogP contribution in [0.3, 0.4) is 0 Å². The molecule has 1 aliphatic carbocycles. The SMILES string of the molecule is C1=CC2Nc3c(n4c5c3cccc5c3c5c(c6ccccc6n5-c5ccccc5)c5c6ccccc6oc5c34)NC2C=C1. The van der Waals surface area contributed by atoms with Crippen molar-refractivity contribution in [3.05, 3.63) is 121 Å². The lowest BCUT2D eigenvalue weighted by atomic mass is 9.99. The van der Waals surface area contributed by atoms with Gasteiger partial charge in [0.15, 0.2) is 5.58 Å². The molecule has 0 saturated carbocycles. The Bertz CT molecular complexity index is 2680. The Kier molecular flexibility index (Phi) is 3.88. The van der Waals surface area contributed by atoms with Crippen LogP contribution in [-0.2, 0) is 0 Å². The molecule has 5 heteroatoms. The largest absolute Gasteiger partial charge is 0.454 e. The molecule has 1 aliphatic heterocycles. The fourth-order valence-electron chi connectivity index (χ4n) is 7.98. The van der Waals surface area contributed by atoms with Crippen LogP contribution in [0.5, 0.6) is 0 Å². The Morgan fingerprint density at radius 1 is 0.558 bits per heavy atom. The van der Waals surface area contributed by atoms with Crippen molar-refractivity contribution in [1.29, 1.82) is 0 Å². The first-order chi connectivity index (χ1) is 21.4. The predicted octanol–water partition coefficient (Wildman–Crippen LogP) is 9.38. The van der Waals surface area contributed by atoms with Gasteiger partial charge in [-0.15, -0.1) is 0 Å². The molecule has 5 aromatic carbocycles. The van der Waals surface area contributed by atoms with Gasteiger partial charge in [0.05, 0.1) is 34.3 Å². The molecule has 5 heterocycles. The Hall–Kier alpha value is -5.68. The first kappa shape index (κ1) is 22.0. The standard InChI is InChI=1S/C38H24N4O/c1-2-11-21(12-3-1)41-28-19-8-4-13-22(28)30-31-23-14-5-9-20-29(23)43-37(31)36-32(35(30)41)24-15-10-16-25-33-38(42(36)34(24)25)40-27-18-7-6-17-26(27)39-33/h1-20,26-27,39-40H. The molecule has 5 nitrogen and oxygen atoms in total. The minimum Gasteiger partial charge on any atom is -0.454 e. The molecule has 0 bridgehead atoms. The molecule has 202 valence electrons. The van der Waals surface area contributed by atoms with Crippen LogP contribution in [0.15, 0.2) is 126 Å². The molecule has 0 radical (unpaired) electrons.